The van der Waals surface area contributed by atoms with Crippen LogP contribution < -0.4 is 10.2 Å². The number of likely N-dealkylation sites (N-methyl/N-ethyl adjacent to an activating group) is 1. The highest BCUT2D eigenvalue weighted by atomic mass is 19.1. The maximum absolute atomic E-state index is 14.0. The van der Waals surface area contributed by atoms with Gasteiger partial charge in [0, 0.05) is 38.2 Å². The Morgan fingerprint density at radius 3 is 2.73 bits per heavy atom. The van der Waals surface area contributed by atoms with E-state index in [9.17, 15) is 14.3 Å². The van der Waals surface area contributed by atoms with Crippen molar-refractivity contribution in [3.63, 3.8) is 0 Å². The summed E-state index contributed by atoms with van der Waals surface area (Å²) >= 11 is 0. The lowest BCUT2D eigenvalue weighted by atomic mass is 10.1. The molecular weight excluding hydrogens is 287 g/mol. The number of hydrogen-bond acceptors (Lipinski definition) is 5. The molecule has 1 aliphatic heterocycles. The highest BCUT2D eigenvalue weighted by molar-refractivity contribution is 5.76. The summed E-state index contributed by atoms with van der Waals surface area (Å²) in [4.78, 5) is 20.0. The lowest BCUT2D eigenvalue weighted by molar-refractivity contribution is -0.121. The van der Waals surface area contributed by atoms with E-state index in [1.807, 2.05) is 0 Å². The summed E-state index contributed by atoms with van der Waals surface area (Å²) in [6, 6.07) is 0.874. The van der Waals surface area contributed by atoms with Crippen molar-refractivity contribution >= 4 is 11.7 Å². The second-order valence-corrected chi connectivity index (χ2v) is 5.51. The van der Waals surface area contributed by atoms with Gasteiger partial charge in [-0.1, -0.05) is 6.92 Å². The molecule has 7 heteroatoms. The molecule has 1 aromatic heterocycles. The predicted octanol–water partition coefficient (Wildman–Crippen LogP) is 0.532. The van der Waals surface area contributed by atoms with Gasteiger partial charge >= 0.3 is 0 Å². The number of aromatic nitrogens is 1. The van der Waals surface area contributed by atoms with E-state index in [2.05, 4.69) is 27.1 Å². The average Bonchev–Trinajstić information content (AvgIpc) is 2.54. The number of pyridine rings is 1. The van der Waals surface area contributed by atoms with Crippen molar-refractivity contribution in [2.24, 2.45) is 0 Å². The van der Waals surface area contributed by atoms with Crippen LogP contribution >= 0.6 is 0 Å². The zero-order valence-electron chi connectivity index (χ0n) is 13.0. The molecule has 0 spiro atoms. The van der Waals surface area contributed by atoms with E-state index in [-0.39, 0.29) is 24.5 Å². The Morgan fingerprint density at radius 1 is 1.45 bits per heavy atom. The van der Waals surface area contributed by atoms with Crippen LogP contribution in [0.2, 0.25) is 0 Å². The summed E-state index contributed by atoms with van der Waals surface area (Å²) in [5, 5.41) is 12.1. The molecule has 1 aliphatic rings. The van der Waals surface area contributed by atoms with Gasteiger partial charge in [-0.3, -0.25) is 4.79 Å². The molecule has 0 aliphatic carbocycles. The largest absolute Gasteiger partial charge is 0.394 e. The van der Waals surface area contributed by atoms with E-state index < -0.39 is 11.9 Å². The topological polar surface area (TPSA) is 68.7 Å². The van der Waals surface area contributed by atoms with E-state index in [1.165, 1.54) is 0 Å². The lowest BCUT2D eigenvalue weighted by Gasteiger charge is -2.33. The third-order valence-electron chi connectivity index (χ3n) is 3.91. The molecule has 1 fully saturated rings. The van der Waals surface area contributed by atoms with E-state index >= 15 is 0 Å². The number of piperazine rings is 1. The number of carbonyl (C=O) groups excluding carboxylic acids is 1. The minimum absolute atomic E-state index is 0.226. The molecule has 0 bridgehead atoms. The normalized spacial score (nSPS) is 17.4. The molecule has 1 aromatic rings. The maximum Gasteiger partial charge on any atom is 0.220 e. The molecule has 1 amide bonds. The fourth-order valence-electron chi connectivity index (χ4n) is 2.44. The summed E-state index contributed by atoms with van der Waals surface area (Å²) < 4.78 is 14.0. The van der Waals surface area contributed by atoms with Crippen molar-refractivity contribution in [3.05, 3.63) is 23.6 Å². The Balaban J connectivity index is 2.20. The quantitative estimate of drug-likeness (QED) is 0.830. The number of aliphatic hydroxyl groups is 1. The number of rotatable bonds is 5. The average molecular weight is 310 g/mol. The first-order chi connectivity index (χ1) is 10.5. The summed E-state index contributed by atoms with van der Waals surface area (Å²) in [6.45, 7) is 4.84. The van der Waals surface area contributed by atoms with Crippen LogP contribution in [0.4, 0.5) is 10.2 Å². The first-order valence-corrected chi connectivity index (χ1v) is 7.54. The molecule has 0 saturated carbocycles. The number of amides is 1. The number of anilines is 1. The molecule has 1 saturated heterocycles. The summed E-state index contributed by atoms with van der Waals surface area (Å²) in [5.74, 6) is -0.0709. The van der Waals surface area contributed by atoms with Gasteiger partial charge in [0.05, 0.1) is 18.8 Å². The second-order valence-electron chi connectivity index (χ2n) is 5.51. The Kier molecular flexibility index (Phi) is 5.68. The molecule has 0 aromatic carbocycles. The highest BCUT2D eigenvalue weighted by Crippen LogP contribution is 2.22. The lowest BCUT2D eigenvalue weighted by Crippen LogP contribution is -2.45. The second kappa shape index (κ2) is 7.51. The molecule has 2 N–H and O–H groups in total. The molecule has 1 atom stereocenters. The van der Waals surface area contributed by atoms with Gasteiger partial charge in [-0.05, 0) is 13.1 Å². The van der Waals surface area contributed by atoms with Crippen molar-refractivity contribution < 1.29 is 14.3 Å². The number of nitrogens with one attached hydrogen (secondary N) is 1. The smallest absolute Gasteiger partial charge is 0.220 e. The molecule has 6 nitrogen and oxygen atoms in total. The van der Waals surface area contributed by atoms with Gasteiger partial charge in [0.1, 0.15) is 11.6 Å². The maximum atomic E-state index is 14.0. The third-order valence-corrected chi connectivity index (χ3v) is 3.91. The fourth-order valence-corrected chi connectivity index (χ4v) is 2.44. The molecular formula is C15H23FN4O2. The summed E-state index contributed by atoms with van der Waals surface area (Å²) in [7, 11) is 2.06. The minimum atomic E-state index is -0.748. The molecule has 0 unspecified atom stereocenters. The van der Waals surface area contributed by atoms with Crippen molar-refractivity contribution in [2.45, 2.75) is 19.4 Å². The van der Waals surface area contributed by atoms with Gasteiger partial charge in [-0.25, -0.2) is 9.37 Å². The first-order valence-electron chi connectivity index (χ1n) is 7.54. The van der Waals surface area contributed by atoms with Crippen molar-refractivity contribution in [1.29, 1.82) is 0 Å². The summed E-state index contributed by atoms with van der Waals surface area (Å²) in [5.41, 5.74) is 0.272. The fraction of sp³-hybridized carbons (Fsp3) is 0.600. The van der Waals surface area contributed by atoms with Crippen molar-refractivity contribution in [3.8, 4) is 0 Å². The van der Waals surface area contributed by atoms with Crippen LogP contribution in [0.25, 0.3) is 0 Å². The van der Waals surface area contributed by atoms with Crippen molar-refractivity contribution in [2.75, 3.05) is 44.7 Å². The molecule has 22 heavy (non-hydrogen) atoms. The van der Waals surface area contributed by atoms with Crippen LogP contribution in [0.15, 0.2) is 12.3 Å². The Morgan fingerprint density at radius 2 is 2.14 bits per heavy atom. The van der Waals surface area contributed by atoms with Gasteiger partial charge in [0.2, 0.25) is 5.91 Å². The molecule has 2 heterocycles. The van der Waals surface area contributed by atoms with Crippen LogP contribution in [-0.4, -0.2) is 60.7 Å². The van der Waals surface area contributed by atoms with Gasteiger partial charge in [-0.2, -0.15) is 0 Å². The Bertz CT molecular complexity index is 518. The molecule has 122 valence electrons. The number of aliphatic hydroxyl groups excluding tert-OH is 1. The monoisotopic (exact) mass is 310 g/mol. The number of nitrogens with zero attached hydrogens (tertiary/aromatic N) is 3. The van der Waals surface area contributed by atoms with Gasteiger partial charge in [-0.15, -0.1) is 0 Å². The van der Waals surface area contributed by atoms with Crippen LogP contribution in [-0.2, 0) is 4.79 Å². The predicted molar refractivity (Wildman–Crippen MR) is 82.2 cm³/mol. The van der Waals surface area contributed by atoms with Crippen molar-refractivity contribution in [1.82, 2.24) is 15.2 Å². The minimum Gasteiger partial charge on any atom is -0.394 e. The van der Waals surface area contributed by atoms with Crippen LogP contribution in [0, 0.1) is 5.82 Å². The Hall–Kier alpha value is -1.73. The first kappa shape index (κ1) is 16.6. The zero-order chi connectivity index (χ0) is 16.1. The SMILES string of the molecule is CCC(=O)N[C@H](CO)c1cc(N2CCN(C)CC2)ncc1F. The van der Waals surface area contributed by atoms with E-state index in [1.54, 1.807) is 13.0 Å². The van der Waals surface area contributed by atoms with E-state index in [0.717, 1.165) is 32.4 Å². The third kappa shape index (κ3) is 3.92. The van der Waals surface area contributed by atoms with E-state index in [0.29, 0.717) is 5.82 Å². The van der Waals surface area contributed by atoms with Gasteiger partial charge < -0.3 is 20.2 Å². The standard InChI is InChI=1S/C15H23FN4O2/c1-3-15(22)18-13(10-21)11-8-14(17-9-12(11)16)20-6-4-19(2)5-7-20/h8-9,13,21H,3-7,10H2,1-2H3,(H,18,22)/t13-/m1/s1. The number of carbonyl (C=O) groups is 1. The number of halogens is 1. The van der Waals surface area contributed by atoms with E-state index in [4.69, 9.17) is 0 Å². The van der Waals surface area contributed by atoms with Crippen LogP contribution in [0.1, 0.15) is 24.9 Å². The van der Waals surface area contributed by atoms with Gasteiger partial charge in [0.25, 0.3) is 0 Å². The van der Waals surface area contributed by atoms with Crippen LogP contribution in [0.3, 0.4) is 0 Å². The Labute approximate surface area is 129 Å². The highest BCUT2D eigenvalue weighted by Gasteiger charge is 2.21. The number of hydrogen-bond donors (Lipinski definition) is 2. The summed E-state index contributed by atoms with van der Waals surface area (Å²) in [6.07, 6.45) is 1.44. The molecule has 2 rings (SSSR count). The molecule has 0 radical (unpaired) electrons. The zero-order valence-corrected chi connectivity index (χ0v) is 13.0. The van der Waals surface area contributed by atoms with Crippen LogP contribution in [0.5, 0.6) is 0 Å². The van der Waals surface area contributed by atoms with Gasteiger partial charge in [0.15, 0.2) is 0 Å².